The summed E-state index contributed by atoms with van der Waals surface area (Å²) in [5.74, 6) is 1.22. The van der Waals surface area contributed by atoms with E-state index in [0.29, 0.717) is 18.1 Å². The molecular weight excluding hydrogens is 400 g/mol. The lowest BCUT2D eigenvalue weighted by molar-refractivity contribution is 0.102. The molecule has 6 nitrogen and oxygen atoms in total. The topological polar surface area (TPSA) is 70.2 Å². The monoisotopic (exact) mass is 428 g/mol. The smallest absolute Gasteiger partial charge is 0.255 e. The van der Waals surface area contributed by atoms with Crippen LogP contribution in [0.4, 0.5) is 5.69 Å². The van der Waals surface area contributed by atoms with Crippen molar-refractivity contribution < 1.29 is 9.53 Å². The van der Waals surface area contributed by atoms with E-state index in [2.05, 4.69) is 33.3 Å². The van der Waals surface area contributed by atoms with Crippen LogP contribution in [-0.4, -0.2) is 47.5 Å². The molecule has 4 aromatic rings. The first-order valence-electron chi connectivity index (χ1n) is 11.2. The lowest BCUT2D eigenvalue weighted by Crippen LogP contribution is -2.32. The van der Waals surface area contributed by atoms with Crippen LogP contribution in [0.2, 0.25) is 0 Å². The summed E-state index contributed by atoms with van der Waals surface area (Å²) in [6.07, 6.45) is 4.15. The predicted molar refractivity (Wildman–Crippen MR) is 128 cm³/mol. The van der Waals surface area contributed by atoms with Crippen LogP contribution in [0.25, 0.3) is 21.9 Å². The summed E-state index contributed by atoms with van der Waals surface area (Å²) in [6, 6.07) is 15.2. The van der Waals surface area contributed by atoms with Crippen molar-refractivity contribution in [2.45, 2.75) is 19.8 Å². The maximum Gasteiger partial charge on any atom is 0.255 e. The van der Waals surface area contributed by atoms with Crippen molar-refractivity contribution in [3.63, 3.8) is 0 Å². The number of benzene rings is 2. The summed E-state index contributed by atoms with van der Waals surface area (Å²) in [7, 11) is 2.17. The Morgan fingerprint density at radius 1 is 1.19 bits per heavy atom. The third-order valence-electron chi connectivity index (χ3n) is 6.30. The number of aryl methyl sites for hydroxylation is 1. The average Bonchev–Trinajstić information content (AvgIpc) is 3.19. The van der Waals surface area contributed by atoms with E-state index in [-0.39, 0.29) is 5.91 Å². The van der Waals surface area contributed by atoms with E-state index < -0.39 is 0 Å². The van der Waals surface area contributed by atoms with Crippen molar-refractivity contribution in [2.24, 2.45) is 5.92 Å². The molecule has 164 valence electrons. The molecule has 0 aliphatic carbocycles. The number of aromatic nitrogens is 2. The zero-order valence-electron chi connectivity index (χ0n) is 18.5. The first-order chi connectivity index (χ1) is 15.6. The Labute approximate surface area is 187 Å². The number of pyridine rings is 1. The van der Waals surface area contributed by atoms with Crippen LogP contribution < -0.4 is 10.1 Å². The molecule has 1 saturated heterocycles. The molecule has 0 atom stereocenters. The van der Waals surface area contributed by atoms with Crippen molar-refractivity contribution >= 4 is 33.5 Å². The molecule has 1 fully saturated rings. The Hall–Kier alpha value is -3.38. The number of hydrogen-bond acceptors (Lipinski definition) is 4. The van der Waals surface area contributed by atoms with Gasteiger partial charge in [-0.25, -0.2) is 4.98 Å². The minimum absolute atomic E-state index is 0.137. The predicted octanol–water partition coefficient (Wildman–Crippen LogP) is 5.00. The van der Waals surface area contributed by atoms with Gasteiger partial charge in [-0.2, -0.15) is 0 Å². The Morgan fingerprint density at radius 3 is 2.75 bits per heavy atom. The molecule has 3 heterocycles. The Morgan fingerprint density at radius 2 is 1.97 bits per heavy atom. The first-order valence-corrected chi connectivity index (χ1v) is 11.2. The minimum atomic E-state index is -0.137. The summed E-state index contributed by atoms with van der Waals surface area (Å²) in [5, 5.41) is 5.00. The number of carbonyl (C=O) groups excluding carboxylic acids is 1. The van der Waals surface area contributed by atoms with Gasteiger partial charge in [-0.1, -0.05) is 18.2 Å². The normalized spacial score (nSPS) is 15.3. The van der Waals surface area contributed by atoms with E-state index in [4.69, 9.17) is 4.74 Å². The number of carbonyl (C=O) groups is 1. The molecule has 0 bridgehead atoms. The van der Waals surface area contributed by atoms with Crippen LogP contribution in [0.3, 0.4) is 0 Å². The Kier molecular flexibility index (Phi) is 5.53. The summed E-state index contributed by atoms with van der Waals surface area (Å²) in [6.45, 7) is 4.95. The standard InChI is InChI=1S/C26H28N4O2/c1-17-14-20-23-21(28-26(31)19-6-4-3-5-7-19)8-9-22(24(23)29-25(20)27-15-17)32-16-18-10-12-30(2)13-11-18/h3-9,14-15,18H,10-13,16H2,1-2H3,(H,27,29)(H,28,31). The fourth-order valence-electron chi connectivity index (χ4n) is 4.41. The van der Waals surface area contributed by atoms with E-state index in [1.807, 2.05) is 55.6 Å². The molecule has 0 radical (unpaired) electrons. The van der Waals surface area contributed by atoms with Crippen molar-refractivity contribution in [1.29, 1.82) is 0 Å². The molecule has 2 aromatic heterocycles. The van der Waals surface area contributed by atoms with Gasteiger partial charge < -0.3 is 19.9 Å². The molecule has 6 heteroatoms. The van der Waals surface area contributed by atoms with Gasteiger partial charge in [0.25, 0.3) is 5.91 Å². The molecular formula is C26H28N4O2. The minimum Gasteiger partial charge on any atom is -0.491 e. The fraction of sp³-hybridized carbons (Fsp3) is 0.308. The highest BCUT2D eigenvalue weighted by Crippen LogP contribution is 2.37. The number of anilines is 1. The summed E-state index contributed by atoms with van der Waals surface area (Å²) in [5.41, 5.74) is 4.10. The van der Waals surface area contributed by atoms with Gasteiger partial charge in [-0.05, 0) is 81.7 Å². The van der Waals surface area contributed by atoms with Crippen molar-refractivity contribution in [1.82, 2.24) is 14.9 Å². The number of aromatic amines is 1. The van der Waals surface area contributed by atoms with Crippen molar-refractivity contribution in [2.75, 3.05) is 32.1 Å². The average molecular weight is 429 g/mol. The van der Waals surface area contributed by atoms with Gasteiger partial charge >= 0.3 is 0 Å². The van der Waals surface area contributed by atoms with Gasteiger partial charge in [0, 0.05) is 22.5 Å². The number of piperidine rings is 1. The second kappa shape index (κ2) is 8.63. The van der Waals surface area contributed by atoms with E-state index in [0.717, 1.165) is 64.9 Å². The van der Waals surface area contributed by atoms with Gasteiger partial charge in [-0.15, -0.1) is 0 Å². The van der Waals surface area contributed by atoms with Crippen molar-refractivity contribution in [3.05, 3.63) is 65.9 Å². The molecule has 2 aromatic carbocycles. The Balaban J connectivity index is 1.50. The van der Waals surface area contributed by atoms with E-state index in [9.17, 15) is 4.79 Å². The zero-order chi connectivity index (χ0) is 22.1. The second-order valence-electron chi connectivity index (χ2n) is 8.77. The van der Waals surface area contributed by atoms with E-state index in [1.54, 1.807) is 0 Å². The SMILES string of the molecule is Cc1cnc2[nH]c3c(OCC4CCN(C)CC4)ccc(NC(=O)c4ccccc4)c3c2c1. The van der Waals surface area contributed by atoms with Gasteiger partial charge in [-0.3, -0.25) is 4.79 Å². The van der Waals surface area contributed by atoms with Gasteiger partial charge in [0.1, 0.15) is 11.4 Å². The number of nitrogens with zero attached hydrogens (tertiary/aromatic N) is 2. The molecule has 0 saturated carbocycles. The van der Waals surface area contributed by atoms with Crippen LogP contribution >= 0.6 is 0 Å². The molecule has 2 N–H and O–H groups in total. The number of hydrogen-bond donors (Lipinski definition) is 2. The number of likely N-dealkylation sites (tertiary alicyclic amines) is 1. The highest BCUT2D eigenvalue weighted by molar-refractivity contribution is 6.18. The molecule has 32 heavy (non-hydrogen) atoms. The van der Waals surface area contributed by atoms with Crippen LogP contribution in [0.5, 0.6) is 5.75 Å². The zero-order valence-corrected chi connectivity index (χ0v) is 18.5. The van der Waals surface area contributed by atoms with E-state index >= 15 is 0 Å². The van der Waals surface area contributed by atoms with Crippen LogP contribution in [-0.2, 0) is 0 Å². The summed E-state index contributed by atoms with van der Waals surface area (Å²) >= 11 is 0. The van der Waals surface area contributed by atoms with Gasteiger partial charge in [0.05, 0.1) is 17.8 Å². The molecule has 0 spiro atoms. The fourth-order valence-corrected chi connectivity index (χ4v) is 4.41. The lowest BCUT2D eigenvalue weighted by atomic mass is 9.98. The molecule has 5 rings (SSSR count). The number of rotatable bonds is 5. The molecule has 1 aliphatic rings. The first kappa shape index (κ1) is 20.5. The van der Waals surface area contributed by atoms with Crippen LogP contribution in [0.15, 0.2) is 54.7 Å². The lowest BCUT2D eigenvalue weighted by Gasteiger charge is -2.28. The molecule has 1 amide bonds. The third kappa shape index (κ3) is 4.06. The van der Waals surface area contributed by atoms with Gasteiger partial charge in [0.2, 0.25) is 0 Å². The number of nitrogens with one attached hydrogen (secondary N) is 2. The number of ether oxygens (including phenoxy) is 1. The maximum absolute atomic E-state index is 12.9. The summed E-state index contributed by atoms with van der Waals surface area (Å²) in [4.78, 5) is 23.2. The molecule has 1 aliphatic heterocycles. The second-order valence-corrected chi connectivity index (χ2v) is 8.77. The van der Waals surface area contributed by atoms with E-state index in [1.165, 1.54) is 0 Å². The number of amides is 1. The van der Waals surface area contributed by atoms with Crippen LogP contribution in [0, 0.1) is 12.8 Å². The van der Waals surface area contributed by atoms with Gasteiger partial charge in [0.15, 0.2) is 0 Å². The van der Waals surface area contributed by atoms with Crippen molar-refractivity contribution in [3.8, 4) is 5.75 Å². The van der Waals surface area contributed by atoms with Crippen LogP contribution in [0.1, 0.15) is 28.8 Å². The Bertz CT molecular complexity index is 1260. The highest BCUT2D eigenvalue weighted by atomic mass is 16.5. The third-order valence-corrected chi connectivity index (χ3v) is 6.30. The highest BCUT2D eigenvalue weighted by Gasteiger charge is 2.20. The number of fused-ring (bicyclic) bond motifs is 3. The quantitative estimate of drug-likeness (QED) is 0.469. The molecule has 0 unspecified atom stereocenters. The number of H-pyrrole nitrogens is 1. The maximum atomic E-state index is 12.9. The largest absolute Gasteiger partial charge is 0.491 e. The summed E-state index contributed by atoms with van der Waals surface area (Å²) < 4.78 is 6.31.